The van der Waals surface area contributed by atoms with Crippen LogP contribution < -0.4 is 5.73 Å². The lowest BCUT2D eigenvalue weighted by atomic mass is 10.0. The van der Waals surface area contributed by atoms with Gasteiger partial charge in [-0.1, -0.05) is 0 Å². The number of benzene rings is 1. The van der Waals surface area contributed by atoms with Gasteiger partial charge in [-0.2, -0.15) is 15.3 Å². The van der Waals surface area contributed by atoms with Crippen molar-refractivity contribution in [2.45, 2.75) is 39.5 Å². The monoisotopic (exact) mass is 449 g/mol. The first-order valence-electron chi connectivity index (χ1n) is 11.1. The topological polar surface area (TPSA) is 144 Å². The van der Waals surface area contributed by atoms with Crippen molar-refractivity contribution in [1.29, 1.82) is 0 Å². The molecule has 1 atom stereocenters. The van der Waals surface area contributed by atoms with Crippen LogP contribution in [0.1, 0.15) is 29.4 Å². The van der Waals surface area contributed by atoms with Crippen molar-refractivity contribution < 1.29 is 9.90 Å². The first-order valence-corrected chi connectivity index (χ1v) is 11.1. The van der Waals surface area contributed by atoms with Gasteiger partial charge in [0.1, 0.15) is 5.69 Å². The van der Waals surface area contributed by atoms with Crippen LogP contribution in [-0.4, -0.2) is 76.4 Å². The minimum absolute atomic E-state index is 0.263. The molecule has 0 saturated carbocycles. The number of nitrogens with one attached hydrogen (secondary N) is 1. The quantitative estimate of drug-likeness (QED) is 0.384. The van der Waals surface area contributed by atoms with Crippen LogP contribution >= 0.6 is 0 Å². The molecule has 1 amide bonds. The van der Waals surface area contributed by atoms with Crippen molar-refractivity contribution in [3.8, 4) is 22.9 Å². The zero-order chi connectivity index (χ0) is 23.1. The molecule has 0 radical (unpaired) electrons. The van der Waals surface area contributed by atoms with E-state index in [0.717, 1.165) is 41.8 Å². The molecule has 5 rings (SSSR count). The number of rotatable bonds is 7. The van der Waals surface area contributed by atoms with Gasteiger partial charge in [-0.05, 0) is 38.5 Å². The van der Waals surface area contributed by atoms with Gasteiger partial charge in [-0.25, -0.2) is 4.98 Å². The lowest BCUT2D eigenvalue weighted by Crippen LogP contribution is -2.26. The molecule has 1 aliphatic rings. The number of carbonyl (C=O) groups excluding carboxylic acids is 1. The number of aromatic nitrogens is 7. The van der Waals surface area contributed by atoms with E-state index in [-0.39, 0.29) is 6.10 Å². The van der Waals surface area contributed by atoms with Crippen molar-refractivity contribution in [1.82, 2.24) is 39.6 Å². The molecule has 1 saturated heterocycles. The van der Waals surface area contributed by atoms with Crippen molar-refractivity contribution in [3.63, 3.8) is 0 Å². The number of aliphatic hydroxyl groups is 1. The van der Waals surface area contributed by atoms with Gasteiger partial charge in [0.2, 0.25) is 5.91 Å². The molecule has 4 aromatic rings. The Morgan fingerprint density at radius 3 is 2.85 bits per heavy atom. The lowest BCUT2D eigenvalue weighted by Gasteiger charge is -2.15. The highest BCUT2D eigenvalue weighted by atomic mass is 16.3. The fourth-order valence-corrected chi connectivity index (χ4v) is 4.41. The van der Waals surface area contributed by atoms with Crippen LogP contribution in [0.25, 0.3) is 33.8 Å². The van der Waals surface area contributed by atoms with E-state index in [2.05, 4.69) is 25.3 Å². The lowest BCUT2D eigenvalue weighted by molar-refractivity contribution is 0.100. The highest BCUT2D eigenvalue weighted by Gasteiger charge is 2.21. The standard InChI is InChI=1S/C22H27N9O2/c1-3-30-19(8-13(2)28-30)22-25-21(26-27-22)16-9-14(20(23)33)10-18-17(16)11-24-31(18)7-6-29-5-4-15(32)12-29/h8-11,15,32H,3-7,12H2,1-2H3,(H2,23,33)(H,25,26,27)/t15-/m1/s1. The van der Waals surface area contributed by atoms with E-state index in [1.807, 2.05) is 29.3 Å². The Kier molecular flexibility index (Phi) is 5.43. The van der Waals surface area contributed by atoms with Gasteiger partial charge in [0.05, 0.1) is 30.1 Å². The predicted molar refractivity (Wildman–Crippen MR) is 122 cm³/mol. The molecule has 3 aromatic heterocycles. The van der Waals surface area contributed by atoms with Gasteiger partial charge in [0.15, 0.2) is 11.6 Å². The molecule has 0 spiro atoms. The second-order valence-electron chi connectivity index (χ2n) is 8.43. The fourth-order valence-electron chi connectivity index (χ4n) is 4.41. The first kappa shape index (κ1) is 21.3. The molecule has 0 aliphatic carbocycles. The van der Waals surface area contributed by atoms with E-state index in [1.54, 1.807) is 18.3 Å². The van der Waals surface area contributed by atoms with E-state index in [0.29, 0.717) is 42.4 Å². The summed E-state index contributed by atoms with van der Waals surface area (Å²) in [6, 6.07) is 5.43. The van der Waals surface area contributed by atoms with Gasteiger partial charge >= 0.3 is 0 Å². The maximum Gasteiger partial charge on any atom is 0.248 e. The Bertz CT molecular complexity index is 1320. The average molecular weight is 450 g/mol. The van der Waals surface area contributed by atoms with Crippen molar-refractivity contribution >= 4 is 16.8 Å². The number of hydrogen-bond acceptors (Lipinski definition) is 7. The SMILES string of the molecule is CCn1nc(C)cc1-c1n[nH]c(-c2cc(C(N)=O)cc3c2cnn3CCN2CC[C@@H](O)C2)n1. The number of likely N-dealkylation sites (tertiary alicyclic amines) is 1. The molecule has 11 nitrogen and oxygen atoms in total. The molecule has 1 aliphatic heterocycles. The molecule has 1 fully saturated rings. The van der Waals surface area contributed by atoms with E-state index >= 15 is 0 Å². The van der Waals surface area contributed by atoms with Crippen LogP contribution in [-0.2, 0) is 13.1 Å². The number of aromatic amines is 1. The third-order valence-corrected chi connectivity index (χ3v) is 6.09. The fraction of sp³-hybridized carbons (Fsp3) is 0.409. The van der Waals surface area contributed by atoms with E-state index in [9.17, 15) is 9.90 Å². The molecule has 0 unspecified atom stereocenters. The molecule has 11 heteroatoms. The number of hydrogen-bond donors (Lipinski definition) is 3. The number of aliphatic hydroxyl groups excluding tert-OH is 1. The van der Waals surface area contributed by atoms with Crippen LogP contribution in [0, 0.1) is 6.92 Å². The minimum Gasteiger partial charge on any atom is -0.392 e. The Balaban J connectivity index is 1.52. The van der Waals surface area contributed by atoms with Gasteiger partial charge in [0, 0.05) is 42.7 Å². The van der Waals surface area contributed by atoms with Gasteiger partial charge in [0.25, 0.3) is 0 Å². The molecule has 0 bridgehead atoms. The summed E-state index contributed by atoms with van der Waals surface area (Å²) in [5, 5.41) is 27.0. The summed E-state index contributed by atoms with van der Waals surface area (Å²) in [6.07, 6.45) is 2.30. The Labute approximate surface area is 190 Å². The molecule has 4 heterocycles. The molecule has 172 valence electrons. The van der Waals surface area contributed by atoms with Crippen molar-refractivity contribution in [3.05, 3.63) is 35.7 Å². The minimum atomic E-state index is -0.520. The molecular weight excluding hydrogens is 422 g/mol. The number of nitrogens with zero attached hydrogens (tertiary/aromatic N) is 7. The first-order chi connectivity index (χ1) is 15.9. The number of nitrogens with two attached hydrogens (primary N) is 1. The zero-order valence-electron chi connectivity index (χ0n) is 18.7. The zero-order valence-corrected chi connectivity index (χ0v) is 18.7. The Hall–Kier alpha value is -3.57. The number of amides is 1. The summed E-state index contributed by atoms with van der Waals surface area (Å²) in [7, 11) is 0. The number of fused-ring (bicyclic) bond motifs is 1. The van der Waals surface area contributed by atoms with Crippen LogP contribution in [0.3, 0.4) is 0 Å². The van der Waals surface area contributed by atoms with E-state index in [4.69, 9.17) is 10.7 Å². The largest absolute Gasteiger partial charge is 0.392 e. The van der Waals surface area contributed by atoms with Crippen LogP contribution in [0.15, 0.2) is 24.4 Å². The van der Waals surface area contributed by atoms with E-state index < -0.39 is 5.91 Å². The molecule has 1 aromatic carbocycles. The number of β-amino-alcohol motifs (C(OH)–C–C–N with tert-alkyl or cyclic N) is 1. The third kappa shape index (κ3) is 4.00. The summed E-state index contributed by atoms with van der Waals surface area (Å²) in [6.45, 7) is 7.58. The number of primary amides is 1. The summed E-state index contributed by atoms with van der Waals surface area (Å²) >= 11 is 0. The van der Waals surface area contributed by atoms with Gasteiger partial charge < -0.3 is 10.8 Å². The summed E-state index contributed by atoms with van der Waals surface area (Å²) in [5.74, 6) is 0.542. The van der Waals surface area contributed by atoms with Gasteiger partial charge in [-0.3, -0.25) is 24.2 Å². The highest BCUT2D eigenvalue weighted by Crippen LogP contribution is 2.30. The second kappa shape index (κ2) is 8.41. The normalized spacial score (nSPS) is 16.8. The summed E-state index contributed by atoms with van der Waals surface area (Å²) in [4.78, 5) is 19.0. The van der Waals surface area contributed by atoms with Crippen molar-refractivity contribution in [2.75, 3.05) is 19.6 Å². The average Bonchev–Trinajstić information content (AvgIpc) is 3.57. The maximum atomic E-state index is 12.1. The maximum absolute atomic E-state index is 12.1. The smallest absolute Gasteiger partial charge is 0.248 e. The molecular formula is C22H27N9O2. The van der Waals surface area contributed by atoms with Crippen LogP contribution in [0.5, 0.6) is 0 Å². The number of aryl methyl sites for hydroxylation is 2. The molecule has 4 N–H and O–H groups in total. The third-order valence-electron chi connectivity index (χ3n) is 6.09. The van der Waals surface area contributed by atoms with Crippen LogP contribution in [0.4, 0.5) is 0 Å². The van der Waals surface area contributed by atoms with E-state index in [1.165, 1.54) is 0 Å². The molecule has 33 heavy (non-hydrogen) atoms. The number of H-pyrrole nitrogens is 1. The summed E-state index contributed by atoms with van der Waals surface area (Å²) < 4.78 is 3.72. The second-order valence-corrected chi connectivity index (χ2v) is 8.43. The number of carbonyl (C=O) groups is 1. The summed E-state index contributed by atoms with van der Waals surface area (Å²) in [5.41, 5.74) is 9.24. The van der Waals surface area contributed by atoms with Crippen molar-refractivity contribution in [2.24, 2.45) is 5.73 Å². The van der Waals surface area contributed by atoms with Gasteiger partial charge in [-0.15, -0.1) is 0 Å². The Morgan fingerprint density at radius 1 is 1.27 bits per heavy atom. The van der Waals surface area contributed by atoms with Crippen LogP contribution in [0.2, 0.25) is 0 Å². The Morgan fingerprint density at radius 2 is 2.12 bits per heavy atom. The predicted octanol–water partition coefficient (Wildman–Crippen LogP) is 1.18. The highest BCUT2D eigenvalue weighted by molar-refractivity contribution is 6.02.